The number of rotatable bonds is 4. The summed E-state index contributed by atoms with van der Waals surface area (Å²) in [7, 11) is 0. The van der Waals surface area contributed by atoms with E-state index in [0.29, 0.717) is 19.0 Å². The highest BCUT2D eigenvalue weighted by Crippen LogP contribution is 2.26. The fourth-order valence-electron chi connectivity index (χ4n) is 2.80. The van der Waals surface area contributed by atoms with E-state index in [1.807, 2.05) is 6.07 Å². The molecule has 1 fully saturated rings. The molecule has 1 N–H and O–H groups in total. The van der Waals surface area contributed by atoms with E-state index in [2.05, 4.69) is 32.0 Å². The molecular formula is C16H21NO3. The smallest absolute Gasteiger partial charge is 0.407 e. The fourth-order valence-corrected chi connectivity index (χ4v) is 2.80. The van der Waals surface area contributed by atoms with Crippen LogP contribution in [0.3, 0.4) is 0 Å². The lowest BCUT2D eigenvalue weighted by molar-refractivity contribution is -0.111. The van der Waals surface area contributed by atoms with E-state index in [0.717, 1.165) is 12.7 Å². The van der Waals surface area contributed by atoms with Crippen molar-refractivity contribution < 1.29 is 14.7 Å². The van der Waals surface area contributed by atoms with Crippen molar-refractivity contribution in [2.45, 2.75) is 26.2 Å². The lowest BCUT2D eigenvalue weighted by Crippen LogP contribution is -2.27. The first-order valence-electron chi connectivity index (χ1n) is 7.03. The largest absolute Gasteiger partial charge is 0.465 e. The topological polar surface area (TPSA) is 57.6 Å². The Hall–Kier alpha value is -1.84. The SMILES string of the molecule is CC(C)c1cccc(C[C@H]2CN(C(=O)O)C[C@@H]2C=O)c1. The molecule has 1 amide bonds. The Morgan fingerprint density at radius 3 is 2.80 bits per heavy atom. The van der Waals surface area contributed by atoms with Gasteiger partial charge < -0.3 is 14.8 Å². The Labute approximate surface area is 119 Å². The van der Waals surface area contributed by atoms with Gasteiger partial charge in [-0.2, -0.15) is 0 Å². The van der Waals surface area contributed by atoms with Crippen molar-refractivity contribution in [2.75, 3.05) is 13.1 Å². The number of likely N-dealkylation sites (tertiary alicyclic amines) is 1. The number of hydrogen-bond donors (Lipinski definition) is 1. The van der Waals surface area contributed by atoms with Gasteiger partial charge in [0.25, 0.3) is 0 Å². The lowest BCUT2D eigenvalue weighted by Gasteiger charge is -2.15. The standard InChI is InChI=1S/C16H21NO3/c1-11(2)13-5-3-4-12(6-13)7-14-8-17(16(19)20)9-15(14)10-18/h3-6,10-11,14-15H,7-9H2,1-2H3,(H,19,20)/t14-,15+/m0/s1. The molecule has 1 heterocycles. The van der Waals surface area contributed by atoms with Crippen LogP contribution in [0, 0.1) is 11.8 Å². The maximum atomic E-state index is 11.1. The molecule has 2 rings (SSSR count). The second-order valence-electron chi connectivity index (χ2n) is 5.85. The Morgan fingerprint density at radius 2 is 2.20 bits per heavy atom. The van der Waals surface area contributed by atoms with Crippen molar-refractivity contribution in [3.8, 4) is 0 Å². The van der Waals surface area contributed by atoms with Crippen LogP contribution in [0.2, 0.25) is 0 Å². The monoisotopic (exact) mass is 275 g/mol. The predicted molar refractivity (Wildman–Crippen MR) is 76.9 cm³/mol. The summed E-state index contributed by atoms with van der Waals surface area (Å²) in [5.74, 6) is 0.371. The number of hydrogen-bond acceptors (Lipinski definition) is 2. The number of carboxylic acid groups (broad SMARTS) is 1. The van der Waals surface area contributed by atoms with Crippen molar-refractivity contribution in [3.05, 3.63) is 35.4 Å². The molecule has 0 aromatic heterocycles. The zero-order valence-electron chi connectivity index (χ0n) is 12.0. The molecule has 1 aliphatic rings. The van der Waals surface area contributed by atoms with Gasteiger partial charge in [-0.05, 0) is 29.4 Å². The van der Waals surface area contributed by atoms with Crippen molar-refractivity contribution in [2.24, 2.45) is 11.8 Å². The van der Waals surface area contributed by atoms with Crippen LogP contribution in [0.25, 0.3) is 0 Å². The van der Waals surface area contributed by atoms with E-state index < -0.39 is 6.09 Å². The molecule has 0 radical (unpaired) electrons. The number of amides is 1. The summed E-state index contributed by atoms with van der Waals surface area (Å²) in [5.41, 5.74) is 2.46. The summed E-state index contributed by atoms with van der Waals surface area (Å²) in [4.78, 5) is 23.5. The Balaban J connectivity index is 2.10. The molecule has 0 aliphatic carbocycles. The molecular weight excluding hydrogens is 254 g/mol. The molecule has 4 nitrogen and oxygen atoms in total. The van der Waals surface area contributed by atoms with Gasteiger partial charge in [0, 0.05) is 19.0 Å². The van der Waals surface area contributed by atoms with Gasteiger partial charge in [0.2, 0.25) is 0 Å². The molecule has 108 valence electrons. The highest BCUT2D eigenvalue weighted by molar-refractivity contribution is 5.67. The third-order valence-corrected chi connectivity index (χ3v) is 4.05. The van der Waals surface area contributed by atoms with Crippen LogP contribution in [-0.2, 0) is 11.2 Å². The van der Waals surface area contributed by atoms with Gasteiger partial charge in [-0.3, -0.25) is 0 Å². The van der Waals surface area contributed by atoms with Gasteiger partial charge in [-0.1, -0.05) is 38.1 Å². The molecule has 0 unspecified atom stereocenters. The summed E-state index contributed by atoms with van der Waals surface area (Å²) >= 11 is 0. The van der Waals surface area contributed by atoms with Crippen LogP contribution in [0.5, 0.6) is 0 Å². The molecule has 2 atom stereocenters. The van der Waals surface area contributed by atoms with E-state index in [4.69, 9.17) is 5.11 Å². The summed E-state index contributed by atoms with van der Waals surface area (Å²) in [6, 6.07) is 8.35. The van der Waals surface area contributed by atoms with Crippen LogP contribution >= 0.6 is 0 Å². The second-order valence-corrected chi connectivity index (χ2v) is 5.85. The fraction of sp³-hybridized carbons (Fsp3) is 0.500. The minimum atomic E-state index is -0.935. The van der Waals surface area contributed by atoms with E-state index in [9.17, 15) is 9.59 Å². The third-order valence-electron chi connectivity index (χ3n) is 4.05. The number of benzene rings is 1. The highest BCUT2D eigenvalue weighted by atomic mass is 16.4. The van der Waals surface area contributed by atoms with Gasteiger partial charge in [0.15, 0.2) is 0 Å². The lowest BCUT2D eigenvalue weighted by atomic mass is 9.89. The van der Waals surface area contributed by atoms with Crippen LogP contribution < -0.4 is 0 Å². The number of carbonyl (C=O) groups is 2. The van der Waals surface area contributed by atoms with Crippen molar-refractivity contribution in [1.29, 1.82) is 0 Å². The number of nitrogens with zero attached hydrogens (tertiary/aromatic N) is 1. The van der Waals surface area contributed by atoms with E-state index in [1.54, 1.807) is 0 Å². The Bertz CT molecular complexity index is 498. The zero-order valence-corrected chi connectivity index (χ0v) is 12.0. The molecule has 1 aromatic carbocycles. The average molecular weight is 275 g/mol. The predicted octanol–water partition coefficient (Wildman–Crippen LogP) is 2.78. The summed E-state index contributed by atoms with van der Waals surface area (Å²) in [6.45, 7) is 5.07. The quantitative estimate of drug-likeness (QED) is 0.860. The van der Waals surface area contributed by atoms with Gasteiger partial charge in [0.05, 0.1) is 0 Å². The minimum Gasteiger partial charge on any atom is -0.465 e. The molecule has 1 saturated heterocycles. The van der Waals surface area contributed by atoms with Crippen LogP contribution in [0.1, 0.15) is 30.9 Å². The minimum absolute atomic E-state index is 0.0889. The normalized spacial score (nSPS) is 22.2. The van der Waals surface area contributed by atoms with Gasteiger partial charge >= 0.3 is 6.09 Å². The number of carbonyl (C=O) groups excluding carboxylic acids is 1. The van der Waals surface area contributed by atoms with Crippen molar-refractivity contribution in [3.63, 3.8) is 0 Å². The van der Waals surface area contributed by atoms with Gasteiger partial charge in [-0.15, -0.1) is 0 Å². The van der Waals surface area contributed by atoms with Crippen molar-refractivity contribution >= 4 is 12.4 Å². The number of aldehydes is 1. The first kappa shape index (κ1) is 14.6. The molecule has 0 bridgehead atoms. The van der Waals surface area contributed by atoms with Gasteiger partial charge in [0.1, 0.15) is 6.29 Å². The summed E-state index contributed by atoms with van der Waals surface area (Å²) in [5, 5.41) is 9.04. The molecule has 1 aromatic rings. The summed E-state index contributed by atoms with van der Waals surface area (Å²) in [6.07, 6.45) is 0.725. The Morgan fingerprint density at radius 1 is 1.45 bits per heavy atom. The van der Waals surface area contributed by atoms with E-state index in [1.165, 1.54) is 16.0 Å². The Kier molecular flexibility index (Phi) is 4.42. The average Bonchev–Trinajstić information content (AvgIpc) is 2.82. The maximum absolute atomic E-state index is 11.1. The molecule has 0 spiro atoms. The maximum Gasteiger partial charge on any atom is 0.407 e. The van der Waals surface area contributed by atoms with Gasteiger partial charge in [-0.25, -0.2) is 4.79 Å². The first-order valence-corrected chi connectivity index (χ1v) is 7.03. The van der Waals surface area contributed by atoms with Crippen molar-refractivity contribution in [1.82, 2.24) is 4.90 Å². The molecule has 1 aliphatic heterocycles. The van der Waals surface area contributed by atoms with E-state index >= 15 is 0 Å². The van der Waals surface area contributed by atoms with Crippen LogP contribution in [0.15, 0.2) is 24.3 Å². The van der Waals surface area contributed by atoms with Crippen LogP contribution in [0.4, 0.5) is 4.79 Å². The third kappa shape index (κ3) is 3.18. The highest BCUT2D eigenvalue weighted by Gasteiger charge is 2.34. The summed E-state index contributed by atoms with van der Waals surface area (Å²) < 4.78 is 0. The molecule has 20 heavy (non-hydrogen) atoms. The van der Waals surface area contributed by atoms with E-state index in [-0.39, 0.29) is 11.8 Å². The second kappa shape index (κ2) is 6.07. The zero-order chi connectivity index (χ0) is 14.7. The molecule has 4 heteroatoms. The molecule has 0 saturated carbocycles. The first-order chi connectivity index (χ1) is 9.51. The van der Waals surface area contributed by atoms with Crippen LogP contribution in [-0.4, -0.2) is 35.5 Å².